The minimum atomic E-state index is -0.423. The first-order valence-electron chi connectivity index (χ1n) is 8.03. The number of hydrogen-bond acceptors (Lipinski definition) is 5. The van der Waals surface area contributed by atoms with Crippen molar-refractivity contribution < 1.29 is 13.9 Å². The Kier molecular flexibility index (Phi) is 6.72. The van der Waals surface area contributed by atoms with Gasteiger partial charge in [-0.2, -0.15) is 0 Å². The molecule has 1 aliphatic heterocycles. The molecule has 7 nitrogen and oxygen atoms in total. The fourth-order valence-electron chi connectivity index (χ4n) is 2.69. The summed E-state index contributed by atoms with van der Waals surface area (Å²) in [4.78, 5) is 12.4. The van der Waals surface area contributed by atoms with Gasteiger partial charge in [-0.05, 0) is 45.0 Å². The number of carbonyl (C=O) groups is 1. The van der Waals surface area contributed by atoms with E-state index in [0.717, 1.165) is 25.9 Å². The molecular weight excluding hydrogens is 349 g/mol. The zero-order chi connectivity index (χ0) is 16.9. The molecule has 1 amide bonds. The smallest absolute Gasteiger partial charge is 0.277 e. The highest BCUT2D eigenvalue weighted by Gasteiger charge is 2.19. The molecule has 1 aromatic carbocycles. The third-order valence-corrected chi connectivity index (χ3v) is 3.92. The summed E-state index contributed by atoms with van der Waals surface area (Å²) in [7, 11) is 0. The molecule has 0 radical (unpaired) electrons. The number of amides is 1. The van der Waals surface area contributed by atoms with Crippen molar-refractivity contribution in [2.24, 2.45) is 0 Å². The molecule has 1 aliphatic rings. The minimum Gasteiger partial charge on any atom is -0.492 e. The molecule has 0 aliphatic carbocycles. The van der Waals surface area contributed by atoms with E-state index in [-0.39, 0.29) is 29.9 Å². The van der Waals surface area contributed by atoms with E-state index in [1.54, 1.807) is 17.8 Å². The molecule has 0 unspecified atom stereocenters. The van der Waals surface area contributed by atoms with Crippen molar-refractivity contribution in [2.75, 3.05) is 25.0 Å². The van der Waals surface area contributed by atoms with E-state index in [1.165, 1.54) is 18.2 Å². The van der Waals surface area contributed by atoms with Crippen molar-refractivity contribution in [2.45, 2.75) is 25.8 Å². The maximum atomic E-state index is 13.3. The van der Waals surface area contributed by atoms with E-state index in [2.05, 4.69) is 20.9 Å². The molecule has 9 heteroatoms. The van der Waals surface area contributed by atoms with Crippen LogP contribution in [0.15, 0.2) is 24.4 Å². The topological polar surface area (TPSA) is 81.1 Å². The number of piperidine rings is 1. The average Bonchev–Trinajstić information content (AvgIpc) is 3.08. The highest BCUT2D eigenvalue weighted by molar-refractivity contribution is 6.03. The van der Waals surface area contributed by atoms with Crippen LogP contribution in [0.3, 0.4) is 0 Å². The van der Waals surface area contributed by atoms with Crippen LogP contribution in [-0.4, -0.2) is 40.6 Å². The Labute approximate surface area is 151 Å². The summed E-state index contributed by atoms with van der Waals surface area (Å²) in [6.45, 7) is 4.03. The molecule has 0 atom stereocenters. The van der Waals surface area contributed by atoms with Crippen LogP contribution >= 0.6 is 12.4 Å². The standard InChI is InChI=1S/C16H20FN5O2.ClH/c1-2-24-15-9-11(17)3-4-13(15)19-16(23)14-10-22(21-20-14)12-5-7-18-8-6-12;/h3-4,9-10,12,18H,2,5-8H2,1H3,(H,19,23);1H. The fraction of sp³-hybridized carbons (Fsp3) is 0.438. The molecule has 1 saturated heterocycles. The highest BCUT2D eigenvalue weighted by atomic mass is 35.5. The van der Waals surface area contributed by atoms with E-state index < -0.39 is 11.7 Å². The van der Waals surface area contributed by atoms with Crippen LogP contribution in [-0.2, 0) is 0 Å². The molecule has 2 N–H and O–H groups in total. The van der Waals surface area contributed by atoms with Crippen molar-refractivity contribution in [3.8, 4) is 5.75 Å². The third-order valence-electron chi connectivity index (χ3n) is 3.92. The second-order valence-electron chi connectivity index (χ2n) is 5.59. The van der Waals surface area contributed by atoms with Crippen LogP contribution in [0.25, 0.3) is 0 Å². The predicted molar refractivity (Wildman–Crippen MR) is 93.9 cm³/mol. The lowest BCUT2D eigenvalue weighted by Crippen LogP contribution is -2.29. The summed E-state index contributed by atoms with van der Waals surface area (Å²) < 4.78 is 20.4. The van der Waals surface area contributed by atoms with Crippen molar-refractivity contribution in [3.63, 3.8) is 0 Å². The van der Waals surface area contributed by atoms with Crippen molar-refractivity contribution in [1.82, 2.24) is 20.3 Å². The van der Waals surface area contributed by atoms with Gasteiger partial charge in [-0.15, -0.1) is 17.5 Å². The Bertz CT molecular complexity index is 718. The number of halogens is 2. The van der Waals surface area contributed by atoms with E-state index in [9.17, 15) is 9.18 Å². The van der Waals surface area contributed by atoms with Crippen molar-refractivity contribution in [1.29, 1.82) is 0 Å². The summed E-state index contributed by atoms with van der Waals surface area (Å²) in [6, 6.07) is 4.23. The zero-order valence-corrected chi connectivity index (χ0v) is 14.7. The second kappa shape index (κ2) is 8.77. The molecule has 0 bridgehead atoms. The van der Waals surface area contributed by atoms with Crippen LogP contribution in [0.5, 0.6) is 5.75 Å². The molecule has 2 aromatic rings. The summed E-state index contributed by atoms with van der Waals surface area (Å²) in [5.41, 5.74) is 0.625. The van der Waals surface area contributed by atoms with Gasteiger partial charge in [0, 0.05) is 6.07 Å². The molecule has 0 spiro atoms. The van der Waals surface area contributed by atoms with Gasteiger partial charge in [-0.3, -0.25) is 4.79 Å². The SMILES string of the molecule is CCOc1cc(F)ccc1NC(=O)c1cn(C2CCNCC2)nn1.Cl. The average molecular weight is 370 g/mol. The number of anilines is 1. The van der Waals surface area contributed by atoms with Gasteiger partial charge >= 0.3 is 0 Å². The van der Waals surface area contributed by atoms with Gasteiger partial charge in [0.15, 0.2) is 5.69 Å². The normalized spacial score (nSPS) is 14.6. The predicted octanol–water partition coefficient (Wildman–Crippen LogP) is 2.41. The van der Waals surface area contributed by atoms with Crippen LogP contribution in [0, 0.1) is 5.82 Å². The summed E-state index contributed by atoms with van der Waals surface area (Å²) in [6.07, 6.45) is 3.56. The Hall–Kier alpha value is -2.19. The van der Waals surface area contributed by atoms with Gasteiger partial charge in [0.25, 0.3) is 5.91 Å². The number of hydrogen-bond donors (Lipinski definition) is 2. The van der Waals surface area contributed by atoms with E-state index >= 15 is 0 Å². The molecular formula is C16H21ClFN5O2. The number of aromatic nitrogens is 3. The molecule has 136 valence electrons. The first-order valence-corrected chi connectivity index (χ1v) is 8.03. The third kappa shape index (κ3) is 4.67. The molecule has 0 saturated carbocycles. The first kappa shape index (κ1) is 19.1. The maximum Gasteiger partial charge on any atom is 0.277 e. The molecule has 1 aromatic heterocycles. The molecule has 3 rings (SSSR count). The maximum absolute atomic E-state index is 13.3. The summed E-state index contributed by atoms with van der Waals surface area (Å²) >= 11 is 0. The van der Waals surface area contributed by atoms with Gasteiger partial charge < -0.3 is 15.4 Å². The monoisotopic (exact) mass is 369 g/mol. The number of nitrogens with zero attached hydrogens (tertiary/aromatic N) is 3. The summed E-state index contributed by atoms with van der Waals surface area (Å²) in [5.74, 6) is -0.535. The fourth-order valence-corrected chi connectivity index (χ4v) is 2.69. The lowest BCUT2D eigenvalue weighted by Gasteiger charge is -2.22. The van der Waals surface area contributed by atoms with E-state index in [0.29, 0.717) is 12.3 Å². The van der Waals surface area contributed by atoms with Crippen molar-refractivity contribution >= 4 is 24.0 Å². The summed E-state index contributed by atoms with van der Waals surface area (Å²) in [5, 5.41) is 14.0. The Morgan fingerprint density at radius 3 is 2.92 bits per heavy atom. The zero-order valence-electron chi connectivity index (χ0n) is 13.9. The number of rotatable bonds is 5. The Balaban J connectivity index is 0.00000225. The molecule has 2 heterocycles. The quantitative estimate of drug-likeness (QED) is 0.846. The largest absolute Gasteiger partial charge is 0.492 e. The second-order valence-corrected chi connectivity index (χ2v) is 5.59. The lowest BCUT2D eigenvalue weighted by molar-refractivity contribution is 0.102. The van der Waals surface area contributed by atoms with Gasteiger partial charge in [0.2, 0.25) is 0 Å². The molecule has 25 heavy (non-hydrogen) atoms. The van der Waals surface area contributed by atoms with E-state index in [4.69, 9.17) is 4.74 Å². The van der Waals surface area contributed by atoms with Crippen LogP contribution in [0.2, 0.25) is 0 Å². The number of carbonyl (C=O) groups excluding carboxylic acids is 1. The van der Waals surface area contributed by atoms with Crippen LogP contribution in [0.1, 0.15) is 36.3 Å². The van der Waals surface area contributed by atoms with Crippen LogP contribution < -0.4 is 15.4 Å². The van der Waals surface area contributed by atoms with Gasteiger partial charge in [0.1, 0.15) is 11.6 Å². The van der Waals surface area contributed by atoms with Crippen LogP contribution in [0.4, 0.5) is 10.1 Å². The highest BCUT2D eigenvalue weighted by Crippen LogP contribution is 2.26. The van der Waals surface area contributed by atoms with Gasteiger partial charge in [-0.25, -0.2) is 9.07 Å². The number of benzene rings is 1. The Morgan fingerprint density at radius 2 is 2.20 bits per heavy atom. The number of ether oxygens (including phenoxy) is 1. The lowest BCUT2D eigenvalue weighted by atomic mass is 10.1. The van der Waals surface area contributed by atoms with Crippen molar-refractivity contribution in [3.05, 3.63) is 35.9 Å². The van der Waals surface area contributed by atoms with E-state index in [1.807, 2.05) is 0 Å². The van der Waals surface area contributed by atoms with Gasteiger partial charge in [-0.1, -0.05) is 5.21 Å². The number of nitrogens with one attached hydrogen (secondary N) is 2. The molecule has 1 fully saturated rings. The van der Waals surface area contributed by atoms with Gasteiger partial charge in [0.05, 0.1) is 24.5 Å². The Morgan fingerprint density at radius 1 is 1.44 bits per heavy atom. The first-order chi connectivity index (χ1) is 11.7. The minimum absolute atomic E-state index is 0.